The van der Waals surface area contributed by atoms with Crippen LogP contribution in [-0.4, -0.2) is 27.9 Å². The maximum absolute atomic E-state index is 11.2. The van der Waals surface area contributed by atoms with E-state index >= 15 is 0 Å². The van der Waals surface area contributed by atoms with Gasteiger partial charge < -0.3 is 5.32 Å². The quantitative estimate of drug-likeness (QED) is 0.730. The first-order valence-electron chi connectivity index (χ1n) is 5.00. The Bertz CT molecular complexity index is 372. The Morgan fingerprint density at radius 3 is 2.73 bits per heavy atom. The Morgan fingerprint density at radius 1 is 1.47 bits per heavy atom. The van der Waals surface area contributed by atoms with Crippen LogP contribution in [0.1, 0.15) is 25.1 Å². The molecule has 1 saturated heterocycles. The summed E-state index contributed by atoms with van der Waals surface area (Å²) in [5.74, 6) is 1.89. The summed E-state index contributed by atoms with van der Waals surface area (Å²) in [7, 11) is 1.76. The van der Waals surface area contributed by atoms with Crippen molar-refractivity contribution in [2.24, 2.45) is 13.0 Å². The van der Waals surface area contributed by atoms with Crippen molar-refractivity contribution in [2.75, 3.05) is 13.1 Å². The number of piperidine rings is 1. The summed E-state index contributed by atoms with van der Waals surface area (Å²) < 4.78 is 1.60. The third-order valence-electron chi connectivity index (χ3n) is 2.85. The molecule has 2 rings (SSSR count). The molecule has 2 atom stereocenters. The van der Waals surface area contributed by atoms with Crippen LogP contribution in [0.5, 0.6) is 0 Å². The number of nitrogens with one attached hydrogen (secondary N) is 2. The van der Waals surface area contributed by atoms with Crippen LogP contribution in [0, 0.1) is 5.92 Å². The molecule has 1 aliphatic heterocycles. The lowest BCUT2D eigenvalue weighted by molar-refractivity contribution is 0.350. The van der Waals surface area contributed by atoms with Gasteiger partial charge >= 0.3 is 5.69 Å². The number of hydrogen-bond acceptors (Lipinski definition) is 3. The van der Waals surface area contributed by atoms with E-state index in [9.17, 15) is 4.79 Å². The van der Waals surface area contributed by atoms with E-state index < -0.39 is 0 Å². The van der Waals surface area contributed by atoms with E-state index in [2.05, 4.69) is 22.4 Å². The fourth-order valence-corrected chi connectivity index (χ4v) is 2.08. The highest BCUT2D eigenvalue weighted by atomic mass is 35.5. The van der Waals surface area contributed by atoms with Crippen LogP contribution < -0.4 is 11.0 Å². The van der Waals surface area contributed by atoms with Crippen LogP contribution in [0.15, 0.2) is 4.79 Å². The minimum absolute atomic E-state index is 0. The van der Waals surface area contributed by atoms with Crippen molar-refractivity contribution in [3.05, 3.63) is 16.3 Å². The van der Waals surface area contributed by atoms with Gasteiger partial charge in [0.15, 0.2) is 0 Å². The minimum Gasteiger partial charge on any atom is -0.316 e. The maximum atomic E-state index is 11.2. The summed E-state index contributed by atoms with van der Waals surface area (Å²) in [5.41, 5.74) is -0.127. The zero-order chi connectivity index (χ0) is 10.1. The lowest BCUT2D eigenvalue weighted by atomic mass is 9.91. The molecule has 0 aliphatic carbocycles. The molecule has 2 unspecified atom stereocenters. The smallest absolute Gasteiger partial charge is 0.316 e. The highest BCUT2D eigenvalue weighted by Gasteiger charge is 2.23. The molecule has 1 fully saturated rings. The molecule has 0 saturated carbocycles. The van der Waals surface area contributed by atoms with Gasteiger partial charge in [-0.3, -0.25) is 4.57 Å². The van der Waals surface area contributed by atoms with Crippen LogP contribution in [0.2, 0.25) is 0 Å². The molecule has 2 heterocycles. The van der Waals surface area contributed by atoms with Gasteiger partial charge in [0.25, 0.3) is 0 Å². The standard InChI is InChI=1S/C9H16N4O.ClH/c1-6-3-7(5-10-4-6)8-11-12-9(14)13(8)2;/h6-7,10H,3-5H2,1-2H3,(H,12,14);1H. The zero-order valence-electron chi connectivity index (χ0n) is 8.99. The summed E-state index contributed by atoms with van der Waals surface area (Å²) in [6.45, 7) is 4.20. The normalized spacial score (nSPS) is 26.0. The molecule has 0 spiro atoms. The van der Waals surface area contributed by atoms with Crippen LogP contribution in [0.4, 0.5) is 0 Å². The van der Waals surface area contributed by atoms with Crippen LogP contribution in [0.3, 0.4) is 0 Å². The molecular formula is C9H17ClN4O. The Balaban J connectivity index is 0.00000112. The molecule has 0 radical (unpaired) electrons. The van der Waals surface area contributed by atoms with Crippen molar-refractivity contribution in [3.63, 3.8) is 0 Å². The van der Waals surface area contributed by atoms with Crippen molar-refractivity contribution < 1.29 is 0 Å². The van der Waals surface area contributed by atoms with Gasteiger partial charge in [-0.25, -0.2) is 9.89 Å². The summed E-state index contributed by atoms with van der Waals surface area (Å²) in [4.78, 5) is 11.2. The Morgan fingerprint density at radius 2 is 2.20 bits per heavy atom. The molecule has 5 nitrogen and oxygen atoms in total. The second-order valence-electron chi connectivity index (χ2n) is 4.14. The SMILES string of the molecule is CC1CNCC(c2n[nH]c(=O)n2C)C1.Cl. The van der Waals surface area contributed by atoms with Crippen molar-refractivity contribution in [2.45, 2.75) is 19.3 Å². The molecule has 0 bridgehead atoms. The van der Waals surface area contributed by atoms with Crippen molar-refractivity contribution >= 4 is 12.4 Å². The molecule has 86 valence electrons. The van der Waals surface area contributed by atoms with Crippen molar-refractivity contribution in [1.29, 1.82) is 0 Å². The van der Waals surface area contributed by atoms with Crippen LogP contribution >= 0.6 is 12.4 Å². The van der Waals surface area contributed by atoms with Crippen molar-refractivity contribution in [1.82, 2.24) is 20.1 Å². The summed E-state index contributed by atoms with van der Waals surface area (Å²) in [6, 6.07) is 0. The van der Waals surface area contributed by atoms with Gasteiger partial charge in [0, 0.05) is 19.5 Å². The Labute approximate surface area is 94.7 Å². The lowest BCUT2D eigenvalue weighted by Crippen LogP contribution is -2.35. The van der Waals surface area contributed by atoms with Gasteiger partial charge in [0.2, 0.25) is 0 Å². The summed E-state index contributed by atoms with van der Waals surface area (Å²) in [5, 5.41) is 9.89. The Kier molecular flexibility index (Phi) is 3.93. The number of aromatic amines is 1. The number of hydrogen-bond donors (Lipinski definition) is 2. The molecule has 1 aromatic rings. The Hall–Kier alpha value is -0.810. The van der Waals surface area contributed by atoms with Gasteiger partial charge in [0.1, 0.15) is 5.82 Å². The number of rotatable bonds is 1. The minimum atomic E-state index is -0.127. The monoisotopic (exact) mass is 232 g/mol. The molecule has 1 aliphatic rings. The number of halogens is 1. The third-order valence-corrected chi connectivity index (χ3v) is 2.85. The van der Waals surface area contributed by atoms with Crippen LogP contribution in [-0.2, 0) is 7.05 Å². The molecule has 0 aromatic carbocycles. The molecule has 15 heavy (non-hydrogen) atoms. The van der Waals surface area contributed by atoms with E-state index in [0.717, 1.165) is 25.3 Å². The second-order valence-corrected chi connectivity index (χ2v) is 4.14. The zero-order valence-corrected chi connectivity index (χ0v) is 9.80. The molecule has 1 aromatic heterocycles. The van der Waals surface area contributed by atoms with E-state index in [0.29, 0.717) is 11.8 Å². The highest BCUT2D eigenvalue weighted by Crippen LogP contribution is 2.23. The number of aromatic nitrogens is 3. The average Bonchev–Trinajstić information content (AvgIpc) is 2.48. The van der Waals surface area contributed by atoms with Gasteiger partial charge in [-0.05, 0) is 18.9 Å². The van der Waals surface area contributed by atoms with Gasteiger partial charge in [-0.15, -0.1) is 12.4 Å². The first-order valence-corrected chi connectivity index (χ1v) is 5.00. The molecular weight excluding hydrogens is 216 g/mol. The van der Waals surface area contributed by atoms with E-state index in [1.807, 2.05) is 0 Å². The topological polar surface area (TPSA) is 62.7 Å². The van der Waals surface area contributed by atoms with E-state index in [1.54, 1.807) is 11.6 Å². The van der Waals surface area contributed by atoms with Crippen LogP contribution in [0.25, 0.3) is 0 Å². The van der Waals surface area contributed by atoms with E-state index in [4.69, 9.17) is 0 Å². The molecule has 0 amide bonds. The van der Waals surface area contributed by atoms with Crippen molar-refractivity contribution in [3.8, 4) is 0 Å². The molecule has 2 N–H and O–H groups in total. The average molecular weight is 233 g/mol. The third kappa shape index (κ3) is 2.41. The summed E-state index contributed by atoms with van der Waals surface area (Å²) in [6.07, 6.45) is 1.10. The fraction of sp³-hybridized carbons (Fsp3) is 0.778. The highest BCUT2D eigenvalue weighted by molar-refractivity contribution is 5.85. The fourth-order valence-electron chi connectivity index (χ4n) is 2.08. The number of H-pyrrole nitrogens is 1. The lowest BCUT2D eigenvalue weighted by Gasteiger charge is -2.26. The number of nitrogens with zero attached hydrogens (tertiary/aromatic N) is 2. The largest absolute Gasteiger partial charge is 0.343 e. The predicted molar refractivity (Wildman–Crippen MR) is 60.5 cm³/mol. The second kappa shape index (κ2) is 4.81. The first kappa shape index (κ1) is 12.3. The summed E-state index contributed by atoms with van der Waals surface area (Å²) >= 11 is 0. The first-order chi connectivity index (χ1) is 6.68. The van der Waals surface area contributed by atoms with Gasteiger partial charge in [-0.1, -0.05) is 6.92 Å². The van der Waals surface area contributed by atoms with E-state index in [1.165, 1.54) is 0 Å². The predicted octanol–water partition coefficient (Wildman–Crippen LogP) is 0.243. The maximum Gasteiger partial charge on any atom is 0.343 e. The van der Waals surface area contributed by atoms with Gasteiger partial charge in [0.05, 0.1) is 0 Å². The van der Waals surface area contributed by atoms with E-state index in [-0.39, 0.29) is 18.1 Å². The molecule has 6 heteroatoms. The van der Waals surface area contributed by atoms with Gasteiger partial charge in [-0.2, -0.15) is 5.10 Å².